The predicted molar refractivity (Wildman–Crippen MR) is 84.3 cm³/mol. The van der Waals surface area contributed by atoms with E-state index < -0.39 is 0 Å². The number of furan rings is 1. The summed E-state index contributed by atoms with van der Waals surface area (Å²) < 4.78 is 10.9. The molecule has 0 spiro atoms. The standard InChI is InChI=1S/C17H24N2O2/c1-4-20-16-7-5-6-14(10-16)17(11-18)19(3)12-15-8-9-21-13(15)2/h5-10,17H,4,11-12,18H2,1-3H3. The highest BCUT2D eigenvalue weighted by molar-refractivity contribution is 5.31. The lowest BCUT2D eigenvalue weighted by Crippen LogP contribution is -2.30. The van der Waals surface area contributed by atoms with Crippen LogP contribution in [0.2, 0.25) is 0 Å². The summed E-state index contributed by atoms with van der Waals surface area (Å²) in [5.41, 5.74) is 8.36. The zero-order chi connectivity index (χ0) is 15.2. The highest BCUT2D eigenvalue weighted by Crippen LogP contribution is 2.25. The minimum atomic E-state index is 0.153. The van der Waals surface area contributed by atoms with Gasteiger partial charge in [0.15, 0.2) is 0 Å². The van der Waals surface area contributed by atoms with Gasteiger partial charge < -0.3 is 14.9 Å². The molecule has 0 aliphatic heterocycles. The van der Waals surface area contributed by atoms with Crippen LogP contribution in [0, 0.1) is 6.92 Å². The summed E-state index contributed by atoms with van der Waals surface area (Å²) in [7, 11) is 2.08. The highest BCUT2D eigenvalue weighted by atomic mass is 16.5. The summed E-state index contributed by atoms with van der Waals surface area (Å²) in [4.78, 5) is 2.24. The summed E-state index contributed by atoms with van der Waals surface area (Å²) in [5, 5.41) is 0. The van der Waals surface area contributed by atoms with E-state index in [0.717, 1.165) is 18.1 Å². The van der Waals surface area contributed by atoms with Gasteiger partial charge in [0.1, 0.15) is 11.5 Å². The Morgan fingerprint density at radius 1 is 1.33 bits per heavy atom. The number of nitrogens with zero attached hydrogens (tertiary/aromatic N) is 1. The minimum absolute atomic E-state index is 0.153. The van der Waals surface area contributed by atoms with Crippen LogP contribution in [0.25, 0.3) is 0 Å². The van der Waals surface area contributed by atoms with Crippen LogP contribution < -0.4 is 10.5 Å². The number of ether oxygens (including phenoxy) is 1. The number of hydrogen-bond acceptors (Lipinski definition) is 4. The Bertz CT molecular complexity index is 565. The Morgan fingerprint density at radius 2 is 2.14 bits per heavy atom. The van der Waals surface area contributed by atoms with Gasteiger partial charge in [-0.2, -0.15) is 0 Å². The maximum atomic E-state index is 5.99. The van der Waals surface area contributed by atoms with E-state index in [2.05, 4.69) is 24.1 Å². The van der Waals surface area contributed by atoms with Crippen molar-refractivity contribution in [3.8, 4) is 5.75 Å². The summed E-state index contributed by atoms with van der Waals surface area (Å²) in [6, 6.07) is 10.3. The Balaban J connectivity index is 2.14. The van der Waals surface area contributed by atoms with E-state index in [0.29, 0.717) is 13.2 Å². The van der Waals surface area contributed by atoms with E-state index in [-0.39, 0.29) is 6.04 Å². The van der Waals surface area contributed by atoms with E-state index in [9.17, 15) is 0 Å². The van der Waals surface area contributed by atoms with Gasteiger partial charge in [0, 0.05) is 24.7 Å². The second kappa shape index (κ2) is 7.29. The van der Waals surface area contributed by atoms with Gasteiger partial charge >= 0.3 is 0 Å². The molecule has 0 saturated carbocycles. The number of aryl methyl sites for hydroxylation is 1. The SMILES string of the molecule is CCOc1cccc(C(CN)N(C)Cc2ccoc2C)c1. The second-order valence-electron chi connectivity index (χ2n) is 5.17. The van der Waals surface area contributed by atoms with Gasteiger partial charge in [-0.3, -0.25) is 4.90 Å². The predicted octanol–water partition coefficient (Wildman–Crippen LogP) is 3.12. The summed E-state index contributed by atoms with van der Waals surface area (Å²) >= 11 is 0. The fourth-order valence-electron chi connectivity index (χ4n) is 2.50. The van der Waals surface area contributed by atoms with Crippen molar-refractivity contribution >= 4 is 0 Å². The molecule has 0 aliphatic rings. The molecule has 0 radical (unpaired) electrons. The first-order valence-electron chi connectivity index (χ1n) is 7.31. The third-order valence-electron chi connectivity index (χ3n) is 3.70. The third-order valence-corrected chi connectivity index (χ3v) is 3.70. The molecule has 0 fully saturated rings. The topological polar surface area (TPSA) is 51.6 Å². The average molecular weight is 288 g/mol. The highest BCUT2D eigenvalue weighted by Gasteiger charge is 2.17. The van der Waals surface area contributed by atoms with Crippen LogP contribution in [0.5, 0.6) is 5.75 Å². The lowest BCUT2D eigenvalue weighted by Gasteiger charge is -2.27. The lowest BCUT2D eigenvalue weighted by atomic mass is 10.0. The Morgan fingerprint density at radius 3 is 2.76 bits per heavy atom. The van der Waals surface area contributed by atoms with Crippen LogP contribution in [0.3, 0.4) is 0 Å². The average Bonchev–Trinajstić information content (AvgIpc) is 2.86. The van der Waals surface area contributed by atoms with Crippen molar-refractivity contribution in [2.75, 3.05) is 20.2 Å². The van der Waals surface area contributed by atoms with Crippen LogP contribution in [0.1, 0.15) is 29.9 Å². The smallest absolute Gasteiger partial charge is 0.119 e. The molecule has 0 bridgehead atoms. The Labute approximate surface area is 126 Å². The molecule has 1 aromatic heterocycles. The van der Waals surface area contributed by atoms with Gasteiger partial charge in [-0.1, -0.05) is 12.1 Å². The van der Waals surface area contributed by atoms with Crippen LogP contribution in [-0.4, -0.2) is 25.1 Å². The molecule has 1 atom stereocenters. The Hall–Kier alpha value is -1.78. The summed E-state index contributed by atoms with van der Waals surface area (Å²) in [5.74, 6) is 1.85. The van der Waals surface area contributed by atoms with Crippen molar-refractivity contribution in [2.45, 2.75) is 26.4 Å². The van der Waals surface area contributed by atoms with Crippen molar-refractivity contribution in [3.63, 3.8) is 0 Å². The maximum Gasteiger partial charge on any atom is 0.119 e. The molecule has 4 heteroatoms. The monoisotopic (exact) mass is 288 g/mol. The quantitative estimate of drug-likeness (QED) is 0.850. The number of hydrogen-bond donors (Lipinski definition) is 1. The second-order valence-corrected chi connectivity index (χ2v) is 5.17. The molecule has 2 rings (SSSR count). The molecular formula is C17H24N2O2. The van der Waals surface area contributed by atoms with Crippen LogP contribution in [0.4, 0.5) is 0 Å². The zero-order valence-electron chi connectivity index (χ0n) is 13.0. The molecule has 2 N–H and O–H groups in total. The number of likely N-dealkylation sites (N-methyl/N-ethyl adjacent to an activating group) is 1. The number of rotatable bonds is 7. The van der Waals surface area contributed by atoms with Crippen molar-refractivity contribution in [1.82, 2.24) is 4.90 Å². The molecule has 0 amide bonds. The number of benzene rings is 1. The molecule has 4 nitrogen and oxygen atoms in total. The van der Waals surface area contributed by atoms with E-state index in [1.54, 1.807) is 6.26 Å². The molecular weight excluding hydrogens is 264 g/mol. The van der Waals surface area contributed by atoms with Crippen molar-refractivity contribution < 1.29 is 9.15 Å². The third kappa shape index (κ3) is 3.86. The summed E-state index contributed by atoms with van der Waals surface area (Å²) in [6.07, 6.45) is 1.73. The van der Waals surface area contributed by atoms with Crippen LogP contribution >= 0.6 is 0 Å². The normalized spacial score (nSPS) is 12.6. The molecule has 0 saturated heterocycles. The van der Waals surface area contributed by atoms with E-state index in [4.69, 9.17) is 14.9 Å². The first-order valence-corrected chi connectivity index (χ1v) is 7.31. The molecule has 1 aromatic carbocycles. The maximum absolute atomic E-state index is 5.99. The van der Waals surface area contributed by atoms with Gasteiger partial charge in [-0.25, -0.2) is 0 Å². The van der Waals surface area contributed by atoms with Crippen molar-refractivity contribution in [1.29, 1.82) is 0 Å². The van der Waals surface area contributed by atoms with Crippen molar-refractivity contribution in [2.24, 2.45) is 5.73 Å². The van der Waals surface area contributed by atoms with E-state index in [1.165, 1.54) is 11.1 Å². The van der Waals surface area contributed by atoms with Crippen LogP contribution in [0.15, 0.2) is 41.0 Å². The molecule has 1 heterocycles. The van der Waals surface area contributed by atoms with Crippen LogP contribution in [-0.2, 0) is 6.54 Å². The lowest BCUT2D eigenvalue weighted by molar-refractivity contribution is 0.239. The van der Waals surface area contributed by atoms with E-state index in [1.807, 2.05) is 32.0 Å². The van der Waals surface area contributed by atoms with Gasteiger partial charge in [0.05, 0.1) is 12.9 Å². The number of nitrogens with two attached hydrogens (primary N) is 1. The van der Waals surface area contributed by atoms with E-state index >= 15 is 0 Å². The Kier molecular flexibility index (Phi) is 5.42. The summed E-state index contributed by atoms with van der Waals surface area (Å²) in [6.45, 7) is 6.00. The minimum Gasteiger partial charge on any atom is -0.494 e. The zero-order valence-corrected chi connectivity index (χ0v) is 13.0. The van der Waals surface area contributed by atoms with Gasteiger partial charge in [-0.05, 0) is 44.7 Å². The van der Waals surface area contributed by atoms with Gasteiger partial charge in [0.2, 0.25) is 0 Å². The molecule has 114 valence electrons. The van der Waals surface area contributed by atoms with Gasteiger partial charge in [0.25, 0.3) is 0 Å². The first-order chi connectivity index (χ1) is 10.2. The fourth-order valence-corrected chi connectivity index (χ4v) is 2.50. The first kappa shape index (κ1) is 15.6. The molecule has 1 unspecified atom stereocenters. The molecule has 0 aliphatic carbocycles. The van der Waals surface area contributed by atoms with Crippen molar-refractivity contribution in [3.05, 3.63) is 53.5 Å². The fraction of sp³-hybridized carbons (Fsp3) is 0.412. The van der Waals surface area contributed by atoms with Gasteiger partial charge in [-0.15, -0.1) is 0 Å². The molecule has 2 aromatic rings. The largest absolute Gasteiger partial charge is 0.494 e. The molecule has 21 heavy (non-hydrogen) atoms.